The molecule has 0 saturated carbocycles. The second-order valence-electron chi connectivity index (χ2n) is 0.742. The van der Waals surface area contributed by atoms with Crippen LogP contribution in [-0.4, -0.2) is 12.5 Å². The predicted molar refractivity (Wildman–Crippen MR) is 21.0 cm³/mol. The topological polar surface area (TPSA) is 90.7 Å². The minimum atomic E-state index is -0.938. The zero-order chi connectivity index (χ0) is 6.41. The maximum absolute atomic E-state index is 9.66. The lowest BCUT2D eigenvalue weighted by Crippen LogP contribution is -2.29. The summed E-state index contributed by atoms with van der Waals surface area (Å²) in [7, 11) is 0. The molecule has 0 radical (unpaired) electrons. The van der Waals surface area contributed by atoms with E-state index in [1.165, 1.54) is 5.48 Å². The lowest BCUT2D eigenvalue weighted by atomic mass is 11.2. The number of carbonyl (C=O) groups is 2. The van der Waals surface area contributed by atoms with Gasteiger partial charge in [-0.15, -0.1) is 0 Å². The van der Waals surface area contributed by atoms with Gasteiger partial charge in [0.2, 0.25) is 0 Å². The van der Waals surface area contributed by atoms with Gasteiger partial charge in [0.05, 0.1) is 0 Å². The number of carbonyl (C=O) groups excluding carboxylic acids is 2. The molecule has 0 aliphatic carbocycles. The molecule has 0 spiro atoms. The number of nitrogens with one attached hydrogen (secondary N) is 1. The van der Waals surface area contributed by atoms with Gasteiger partial charge in [0, 0.05) is 0 Å². The Balaban J connectivity index is 2.93. The Morgan fingerprint density at radius 1 is 1.75 bits per heavy atom. The van der Waals surface area contributed by atoms with Crippen LogP contribution in [-0.2, 0) is 14.7 Å². The van der Waals surface area contributed by atoms with Crippen LogP contribution in [0.25, 0.3) is 0 Å². The maximum atomic E-state index is 9.66. The molecule has 0 aromatic carbocycles. The van der Waals surface area contributed by atoms with Gasteiger partial charge in [-0.2, -0.15) is 5.48 Å². The molecule has 0 unspecified atom stereocenters. The number of rotatable bonds is 3. The van der Waals surface area contributed by atoms with Crippen LogP contribution in [0.1, 0.15) is 0 Å². The molecular weight excluding hydrogens is 116 g/mol. The molecule has 8 heavy (non-hydrogen) atoms. The first-order chi connectivity index (χ1) is 3.77. The first-order valence-electron chi connectivity index (χ1n) is 1.58. The van der Waals surface area contributed by atoms with E-state index in [9.17, 15) is 9.59 Å². The summed E-state index contributed by atoms with van der Waals surface area (Å²) in [6.45, 7) is -0.00403. The Labute approximate surface area is 44.4 Å². The summed E-state index contributed by atoms with van der Waals surface area (Å²) in [5, 5.41) is 0. The summed E-state index contributed by atoms with van der Waals surface area (Å²) in [5.41, 5.74) is 5.99. The van der Waals surface area contributed by atoms with E-state index in [1.807, 2.05) is 0 Å². The molecular formula is C2H4N2O4. The number of amides is 2. The monoisotopic (exact) mass is 120 g/mol. The van der Waals surface area contributed by atoms with Gasteiger partial charge in [-0.3, -0.25) is 9.68 Å². The fourth-order valence-corrected chi connectivity index (χ4v) is 0.0848. The SMILES string of the molecule is NC(=O)NOOC=O. The van der Waals surface area contributed by atoms with Crippen LogP contribution >= 0.6 is 0 Å². The predicted octanol–water partition coefficient (Wildman–Crippen LogP) is -1.33. The standard InChI is InChI=1S/C2H4N2O4/c3-2(6)4-8-7-1-5/h1H,(H3,3,4,6). The Morgan fingerprint density at radius 3 is 2.75 bits per heavy atom. The molecule has 2 amide bonds. The number of primary amides is 1. The van der Waals surface area contributed by atoms with Crippen molar-refractivity contribution in [2.24, 2.45) is 5.73 Å². The molecule has 6 heteroatoms. The second-order valence-corrected chi connectivity index (χ2v) is 0.742. The van der Waals surface area contributed by atoms with E-state index >= 15 is 0 Å². The summed E-state index contributed by atoms with van der Waals surface area (Å²) >= 11 is 0. The number of nitrogens with two attached hydrogens (primary N) is 1. The fraction of sp³-hybridized carbons (Fsp3) is 0. The molecule has 3 N–H and O–H groups in total. The van der Waals surface area contributed by atoms with Gasteiger partial charge in [-0.1, -0.05) is 4.99 Å². The first kappa shape index (κ1) is 6.70. The van der Waals surface area contributed by atoms with Crippen LogP contribution in [0.15, 0.2) is 0 Å². The molecule has 0 saturated heterocycles. The average Bonchev–Trinajstić information content (AvgIpc) is 1.66. The zero-order valence-electron chi connectivity index (χ0n) is 3.79. The average molecular weight is 120 g/mol. The Hall–Kier alpha value is -1.30. The Kier molecular flexibility index (Phi) is 3.25. The van der Waals surface area contributed by atoms with Gasteiger partial charge in [-0.25, -0.2) is 4.79 Å². The van der Waals surface area contributed by atoms with Crippen LogP contribution < -0.4 is 11.2 Å². The smallest absolute Gasteiger partial charge is 0.339 e. The normalized spacial score (nSPS) is 7.50. The van der Waals surface area contributed by atoms with Crippen LogP contribution in [0.3, 0.4) is 0 Å². The Bertz CT molecular complexity index is 92.0. The van der Waals surface area contributed by atoms with Crippen molar-refractivity contribution in [2.45, 2.75) is 0 Å². The first-order valence-corrected chi connectivity index (χ1v) is 1.58. The highest BCUT2D eigenvalue weighted by Gasteiger charge is 1.87. The quantitative estimate of drug-likeness (QED) is 0.209. The van der Waals surface area contributed by atoms with Gasteiger partial charge < -0.3 is 5.73 Å². The van der Waals surface area contributed by atoms with Crippen LogP contribution in [0, 0.1) is 0 Å². The van der Waals surface area contributed by atoms with Crippen molar-refractivity contribution in [3.8, 4) is 0 Å². The number of urea groups is 1. The lowest BCUT2D eigenvalue weighted by molar-refractivity contribution is -0.285. The third kappa shape index (κ3) is 4.70. The molecule has 6 nitrogen and oxygen atoms in total. The van der Waals surface area contributed by atoms with Crippen molar-refractivity contribution in [1.29, 1.82) is 0 Å². The maximum Gasteiger partial charge on any atom is 0.339 e. The minimum absolute atomic E-state index is 0.00403. The van der Waals surface area contributed by atoms with E-state index in [-0.39, 0.29) is 6.47 Å². The minimum Gasteiger partial charge on any atom is -0.350 e. The zero-order valence-corrected chi connectivity index (χ0v) is 3.79. The van der Waals surface area contributed by atoms with E-state index in [1.54, 1.807) is 0 Å². The van der Waals surface area contributed by atoms with Crippen molar-refractivity contribution in [2.75, 3.05) is 0 Å². The summed E-state index contributed by atoms with van der Waals surface area (Å²) < 4.78 is 0. The highest BCUT2D eigenvalue weighted by molar-refractivity contribution is 5.70. The van der Waals surface area contributed by atoms with E-state index in [0.717, 1.165) is 0 Å². The molecule has 0 aromatic rings. The molecule has 0 fully saturated rings. The van der Waals surface area contributed by atoms with Crippen molar-refractivity contribution in [3.63, 3.8) is 0 Å². The van der Waals surface area contributed by atoms with Crippen molar-refractivity contribution < 1.29 is 19.5 Å². The van der Waals surface area contributed by atoms with E-state index in [4.69, 9.17) is 0 Å². The third-order valence-corrected chi connectivity index (χ3v) is 0.230. The van der Waals surface area contributed by atoms with Crippen molar-refractivity contribution >= 4 is 12.5 Å². The molecule has 0 heterocycles. The summed E-state index contributed by atoms with van der Waals surface area (Å²) in [5.74, 6) is 0. The van der Waals surface area contributed by atoms with Crippen molar-refractivity contribution in [3.05, 3.63) is 0 Å². The highest BCUT2D eigenvalue weighted by Crippen LogP contribution is 1.61. The molecule has 0 bridgehead atoms. The second kappa shape index (κ2) is 3.88. The summed E-state index contributed by atoms with van der Waals surface area (Å²) in [6.07, 6.45) is 0. The lowest BCUT2D eigenvalue weighted by Gasteiger charge is -1.93. The summed E-state index contributed by atoms with van der Waals surface area (Å²) in [4.78, 5) is 26.1. The molecule has 0 atom stereocenters. The van der Waals surface area contributed by atoms with Gasteiger partial charge in [0.25, 0.3) is 0 Å². The highest BCUT2D eigenvalue weighted by atomic mass is 17.3. The Morgan fingerprint density at radius 2 is 2.38 bits per heavy atom. The van der Waals surface area contributed by atoms with Gasteiger partial charge in [-0.05, 0) is 0 Å². The third-order valence-electron chi connectivity index (χ3n) is 0.230. The molecule has 0 aliphatic heterocycles. The number of hydrogen-bond donors (Lipinski definition) is 2. The van der Waals surface area contributed by atoms with Gasteiger partial charge >= 0.3 is 12.5 Å². The van der Waals surface area contributed by atoms with Crippen LogP contribution in [0.4, 0.5) is 4.79 Å². The summed E-state index contributed by atoms with van der Waals surface area (Å²) in [6, 6.07) is -0.938. The number of hydroxylamine groups is 1. The van der Waals surface area contributed by atoms with Gasteiger partial charge in [0.15, 0.2) is 0 Å². The molecule has 0 aliphatic rings. The van der Waals surface area contributed by atoms with Gasteiger partial charge in [0.1, 0.15) is 0 Å². The van der Waals surface area contributed by atoms with E-state index in [2.05, 4.69) is 15.6 Å². The molecule has 46 valence electrons. The van der Waals surface area contributed by atoms with E-state index in [0.29, 0.717) is 0 Å². The molecule has 0 rings (SSSR count). The van der Waals surface area contributed by atoms with Crippen LogP contribution in [0.2, 0.25) is 0 Å². The number of hydrogen-bond acceptors (Lipinski definition) is 4. The largest absolute Gasteiger partial charge is 0.350 e. The fourth-order valence-electron chi connectivity index (χ4n) is 0.0848. The van der Waals surface area contributed by atoms with Crippen LogP contribution in [0.5, 0.6) is 0 Å². The van der Waals surface area contributed by atoms with E-state index < -0.39 is 6.03 Å². The van der Waals surface area contributed by atoms with Crippen molar-refractivity contribution in [1.82, 2.24) is 5.48 Å². The molecule has 0 aromatic heterocycles.